The molecule has 0 bridgehead atoms. The number of ether oxygens (including phenoxy) is 1. The van der Waals surface area contributed by atoms with E-state index >= 15 is 0 Å². The molecule has 1 unspecified atom stereocenters. The molecule has 0 spiro atoms. The fraction of sp³-hybridized carbons (Fsp3) is 0.667. The van der Waals surface area contributed by atoms with Gasteiger partial charge in [-0.3, -0.25) is 0 Å². The Labute approximate surface area is 128 Å². The number of nitrogens with zero attached hydrogens (tertiary/aromatic N) is 1. The highest BCUT2D eigenvalue weighted by Crippen LogP contribution is 2.25. The Morgan fingerprint density at radius 1 is 1.19 bits per heavy atom. The van der Waals surface area contributed by atoms with Crippen molar-refractivity contribution in [2.24, 2.45) is 5.92 Å². The molecule has 0 saturated heterocycles. The van der Waals surface area contributed by atoms with Crippen LogP contribution in [0.5, 0.6) is 5.75 Å². The van der Waals surface area contributed by atoms with Crippen LogP contribution in [0.1, 0.15) is 50.7 Å². The Hall–Kier alpha value is -1.06. The standard InChI is InChI=1S/C18H29NO2/c1-3-21-17-11-9-16(10-12-17)18(20)14-19(2)13-15-7-5-4-6-8-15/h9-12,15,18,20H,3-8,13-14H2,1-2H3. The van der Waals surface area contributed by atoms with Crippen molar-refractivity contribution >= 4 is 0 Å². The topological polar surface area (TPSA) is 32.7 Å². The molecular formula is C18H29NO2. The van der Waals surface area contributed by atoms with Crippen molar-refractivity contribution in [3.05, 3.63) is 29.8 Å². The largest absolute Gasteiger partial charge is 0.494 e. The minimum Gasteiger partial charge on any atom is -0.494 e. The zero-order valence-corrected chi connectivity index (χ0v) is 13.4. The number of hydrogen-bond acceptors (Lipinski definition) is 3. The second-order valence-electron chi connectivity index (χ2n) is 6.24. The van der Waals surface area contributed by atoms with E-state index in [1.165, 1.54) is 32.1 Å². The highest BCUT2D eigenvalue weighted by Gasteiger charge is 2.17. The van der Waals surface area contributed by atoms with Crippen molar-refractivity contribution < 1.29 is 9.84 Å². The molecule has 1 saturated carbocycles. The molecule has 0 amide bonds. The second-order valence-corrected chi connectivity index (χ2v) is 6.24. The maximum atomic E-state index is 10.4. The predicted molar refractivity (Wildman–Crippen MR) is 86.6 cm³/mol. The summed E-state index contributed by atoms with van der Waals surface area (Å²) in [4.78, 5) is 2.27. The zero-order valence-electron chi connectivity index (χ0n) is 13.4. The van der Waals surface area contributed by atoms with Crippen LogP contribution in [0.25, 0.3) is 0 Å². The molecule has 3 heteroatoms. The Morgan fingerprint density at radius 3 is 2.48 bits per heavy atom. The van der Waals surface area contributed by atoms with Crippen LogP contribution in [0, 0.1) is 5.92 Å². The van der Waals surface area contributed by atoms with E-state index in [9.17, 15) is 5.11 Å². The lowest BCUT2D eigenvalue weighted by atomic mass is 9.89. The normalized spacial score (nSPS) is 17.9. The Morgan fingerprint density at radius 2 is 1.86 bits per heavy atom. The third-order valence-corrected chi connectivity index (χ3v) is 4.36. The van der Waals surface area contributed by atoms with E-state index in [2.05, 4.69) is 11.9 Å². The Bertz CT molecular complexity index is 398. The Balaban J connectivity index is 1.80. The summed E-state index contributed by atoms with van der Waals surface area (Å²) in [5.74, 6) is 1.68. The first-order valence-electron chi connectivity index (χ1n) is 8.28. The summed E-state index contributed by atoms with van der Waals surface area (Å²) in [5, 5.41) is 10.4. The fourth-order valence-corrected chi connectivity index (χ4v) is 3.24. The third-order valence-electron chi connectivity index (χ3n) is 4.36. The minimum absolute atomic E-state index is 0.422. The van der Waals surface area contributed by atoms with Crippen LogP contribution in [0.2, 0.25) is 0 Å². The smallest absolute Gasteiger partial charge is 0.119 e. The Kier molecular flexibility index (Phi) is 6.52. The summed E-state index contributed by atoms with van der Waals surface area (Å²) in [6, 6.07) is 7.79. The van der Waals surface area contributed by atoms with Gasteiger partial charge in [0.05, 0.1) is 12.7 Å². The van der Waals surface area contributed by atoms with Gasteiger partial charge in [-0.2, -0.15) is 0 Å². The molecule has 1 N–H and O–H groups in total. The highest BCUT2D eigenvalue weighted by atomic mass is 16.5. The van der Waals surface area contributed by atoms with Gasteiger partial charge in [-0.25, -0.2) is 0 Å². The van der Waals surface area contributed by atoms with Crippen molar-refractivity contribution in [1.82, 2.24) is 4.90 Å². The number of aliphatic hydroxyl groups excluding tert-OH is 1. The van der Waals surface area contributed by atoms with E-state index in [4.69, 9.17) is 4.74 Å². The van der Waals surface area contributed by atoms with Crippen LogP contribution in [-0.2, 0) is 0 Å². The van der Waals surface area contributed by atoms with Gasteiger partial charge in [-0.05, 0) is 50.4 Å². The minimum atomic E-state index is -0.422. The summed E-state index contributed by atoms with van der Waals surface area (Å²) in [5.41, 5.74) is 0.967. The molecule has 1 atom stereocenters. The molecule has 0 heterocycles. The first kappa shape index (κ1) is 16.3. The van der Waals surface area contributed by atoms with E-state index in [0.717, 1.165) is 23.8 Å². The van der Waals surface area contributed by atoms with Crippen LogP contribution < -0.4 is 4.74 Å². The average molecular weight is 291 g/mol. The van der Waals surface area contributed by atoms with E-state index in [1.54, 1.807) is 0 Å². The molecule has 3 nitrogen and oxygen atoms in total. The first-order valence-corrected chi connectivity index (χ1v) is 8.28. The summed E-state index contributed by atoms with van der Waals surface area (Å²) >= 11 is 0. The summed E-state index contributed by atoms with van der Waals surface area (Å²) in [6.45, 7) is 4.45. The summed E-state index contributed by atoms with van der Waals surface area (Å²) in [6.07, 6.45) is 6.43. The zero-order chi connectivity index (χ0) is 15.1. The SMILES string of the molecule is CCOc1ccc(C(O)CN(C)CC2CCCCC2)cc1. The average Bonchev–Trinajstić information content (AvgIpc) is 2.49. The lowest BCUT2D eigenvalue weighted by Gasteiger charge is -2.28. The van der Waals surface area contributed by atoms with E-state index < -0.39 is 6.10 Å². The van der Waals surface area contributed by atoms with Gasteiger partial charge >= 0.3 is 0 Å². The number of likely N-dealkylation sites (N-methyl/N-ethyl adjacent to an activating group) is 1. The van der Waals surface area contributed by atoms with Gasteiger partial charge in [0.2, 0.25) is 0 Å². The van der Waals surface area contributed by atoms with Gasteiger partial charge in [0.25, 0.3) is 0 Å². The molecule has 1 aliphatic carbocycles. The molecule has 1 fully saturated rings. The van der Waals surface area contributed by atoms with Crippen LogP contribution >= 0.6 is 0 Å². The lowest BCUT2D eigenvalue weighted by molar-refractivity contribution is 0.113. The molecule has 21 heavy (non-hydrogen) atoms. The first-order chi connectivity index (χ1) is 10.2. The number of hydrogen-bond donors (Lipinski definition) is 1. The summed E-state index contributed by atoms with van der Waals surface area (Å²) in [7, 11) is 2.12. The van der Waals surface area contributed by atoms with Crippen LogP contribution in [-0.4, -0.2) is 36.8 Å². The van der Waals surface area contributed by atoms with Crippen molar-refractivity contribution in [2.45, 2.75) is 45.1 Å². The van der Waals surface area contributed by atoms with Gasteiger partial charge in [-0.1, -0.05) is 31.4 Å². The van der Waals surface area contributed by atoms with Crippen LogP contribution in [0.4, 0.5) is 0 Å². The lowest BCUT2D eigenvalue weighted by Crippen LogP contribution is -2.30. The number of rotatable bonds is 7. The van der Waals surface area contributed by atoms with Crippen molar-refractivity contribution in [2.75, 3.05) is 26.7 Å². The molecule has 0 aliphatic heterocycles. The van der Waals surface area contributed by atoms with Crippen LogP contribution in [0.3, 0.4) is 0 Å². The molecule has 1 aromatic carbocycles. The van der Waals surface area contributed by atoms with E-state index in [1.807, 2.05) is 31.2 Å². The highest BCUT2D eigenvalue weighted by molar-refractivity contribution is 5.28. The molecule has 118 valence electrons. The van der Waals surface area contributed by atoms with Gasteiger partial charge in [-0.15, -0.1) is 0 Å². The molecule has 1 aliphatic rings. The number of aliphatic hydroxyl groups is 1. The third kappa shape index (κ3) is 5.33. The summed E-state index contributed by atoms with van der Waals surface area (Å²) < 4.78 is 5.43. The van der Waals surface area contributed by atoms with E-state index in [0.29, 0.717) is 13.2 Å². The van der Waals surface area contributed by atoms with Gasteiger partial charge in [0.1, 0.15) is 5.75 Å². The molecular weight excluding hydrogens is 262 g/mol. The van der Waals surface area contributed by atoms with Crippen molar-refractivity contribution in [1.29, 1.82) is 0 Å². The van der Waals surface area contributed by atoms with Gasteiger partial charge in [0, 0.05) is 13.1 Å². The predicted octanol–water partition coefficient (Wildman–Crippen LogP) is 3.63. The second kappa shape index (κ2) is 8.40. The molecule has 2 rings (SSSR count). The molecule has 0 radical (unpaired) electrons. The maximum absolute atomic E-state index is 10.4. The van der Waals surface area contributed by atoms with Gasteiger partial charge in [0.15, 0.2) is 0 Å². The fourth-order valence-electron chi connectivity index (χ4n) is 3.24. The maximum Gasteiger partial charge on any atom is 0.119 e. The van der Waals surface area contributed by atoms with Crippen molar-refractivity contribution in [3.8, 4) is 5.75 Å². The monoisotopic (exact) mass is 291 g/mol. The van der Waals surface area contributed by atoms with Gasteiger partial charge < -0.3 is 14.7 Å². The van der Waals surface area contributed by atoms with E-state index in [-0.39, 0.29) is 0 Å². The number of benzene rings is 1. The van der Waals surface area contributed by atoms with Crippen molar-refractivity contribution in [3.63, 3.8) is 0 Å². The molecule has 0 aromatic heterocycles. The van der Waals surface area contributed by atoms with Crippen LogP contribution in [0.15, 0.2) is 24.3 Å². The quantitative estimate of drug-likeness (QED) is 0.832. The molecule has 1 aromatic rings.